The summed E-state index contributed by atoms with van der Waals surface area (Å²) in [6.45, 7) is 0. The molecule has 11 rings (SSSR count). The Labute approximate surface area is 317 Å². The second-order valence-electron chi connectivity index (χ2n) is 13.8. The van der Waals surface area contributed by atoms with Crippen LogP contribution in [-0.4, -0.2) is 19.9 Å². The predicted molar refractivity (Wildman–Crippen MR) is 218 cm³/mol. The third-order valence-electron chi connectivity index (χ3n) is 10.9. The van der Waals surface area contributed by atoms with E-state index in [0.717, 1.165) is 33.2 Å². The highest BCUT2D eigenvalue weighted by Crippen LogP contribution is 2.62. The van der Waals surface area contributed by atoms with Gasteiger partial charge in [0, 0.05) is 38.1 Å². The van der Waals surface area contributed by atoms with E-state index in [1.54, 1.807) is 0 Å². The molecule has 0 N–H and O–H groups in total. The van der Waals surface area contributed by atoms with E-state index in [9.17, 15) is 0 Å². The van der Waals surface area contributed by atoms with Gasteiger partial charge in [-0.25, -0.2) is 15.0 Å². The summed E-state index contributed by atoms with van der Waals surface area (Å²) in [4.78, 5) is 22.4. The zero-order chi connectivity index (χ0) is 35.6. The highest BCUT2D eigenvalue weighted by molar-refractivity contribution is 7.99. The lowest BCUT2D eigenvalue weighted by molar-refractivity contribution is 0.722. The van der Waals surface area contributed by atoms with E-state index in [0.29, 0.717) is 17.5 Å². The van der Waals surface area contributed by atoms with Crippen molar-refractivity contribution in [3.63, 3.8) is 0 Å². The van der Waals surface area contributed by atoms with Crippen LogP contribution < -0.4 is 0 Å². The Morgan fingerprint density at radius 2 is 0.907 bits per heavy atom. The van der Waals surface area contributed by atoms with Crippen molar-refractivity contribution in [2.24, 2.45) is 0 Å². The van der Waals surface area contributed by atoms with Gasteiger partial charge in [0.05, 0.1) is 10.9 Å². The fourth-order valence-electron chi connectivity index (χ4n) is 8.51. The van der Waals surface area contributed by atoms with E-state index in [4.69, 9.17) is 15.0 Å². The van der Waals surface area contributed by atoms with Gasteiger partial charge in [0.2, 0.25) is 0 Å². The minimum absolute atomic E-state index is 0.496. The van der Waals surface area contributed by atoms with Gasteiger partial charge in [-0.15, -0.1) is 0 Å². The Balaban J connectivity index is 1.19. The summed E-state index contributed by atoms with van der Waals surface area (Å²) < 4.78 is 0. The quantitative estimate of drug-likeness (QED) is 0.182. The molecule has 1 spiro atoms. The first-order valence-corrected chi connectivity index (χ1v) is 18.9. The van der Waals surface area contributed by atoms with Crippen LogP contribution in [0, 0.1) is 0 Å². The molecule has 0 fully saturated rings. The van der Waals surface area contributed by atoms with Crippen LogP contribution >= 0.6 is 11.8 Å². The van der Waals surface area contributed by atoms with Crippen molar-refractivity contribution in [3.8, 4) is 56.4 Å². The molecule has 252 valence electrons. The zero-order valence-corrected chi connectivity index (χ0v) is 29.8. The summed E-state index contributed by atoms with van der Waals surface area (Å²) in [5, 5.41) is 1.14. The van der Waals surface area contributed by atoms with Gasteiger partial charge in [0.15, 0.2) is 17.5 Å². The molecule has 5 heteroatoms. The summed E-state index contributed by atoms with van der Waals surface area (Å²) in [6, 6.07) is 62.6. The van der Waals surface area contributed by atoms with Crippen LogP contribution in [0.1, 0.15) is 22.3 Å². The Hall–Kier alpha value is -6.69. The van der Waals surface area contributed by atoms with Crippen molar-refractivity contribution in [1.82, 2.24) is 19.9 Å². The van der Waals surface area contributed by atoms with Gasteiger partial charge in [0.25, 0.3) is 0 Å². The molecule has 0 radical (unpaired) electrons. The average Bonchev–Trinajstić information content (AvgIpc) is 3.53. The monoisotopic (exact) mass is 706 g/mol. The molecule has 0 unspecified atom stereocenters. The summed E-state index contributed by atoms with van der Waals surface area (Å²) in [5.74, 6) is 1.94. The standard InChI is InChI=1S/C49H30N4S/c1-3-13-31(14-4-1)46-51-47(32-15-5-2-6-16-32)53-48(52-46)34-25-27-40-38(30-34)37-29-33(35-17-11-21-43-36(35)18-12-28-50-43)24-26-39(37)49(40)41-19-7-9-22-44(41)54-45-23-10-8-20-42(45)49/h1-30H. The SMILES string of the molecule is c1ccc(-c2nc(-c3ccccc3)nc(-c3ccc4c(c3)-c3cc(-c5cccc6ncccc56)ccc3C43c4ccccc4Sc4ccccc43)n2)cc1. The minimum Gasteiger partial charge on any atom is -0.256 e. The van der Waals surface area contributed by atoms with Gasteiger partial charge < -0.3 is 0 Å². The summed E-state index contributed by atoms with van der Waals surface area (Å²) in [5.41, 5.74) is 13.2. The van der Waals surface area contributed by atoms with Crippen LogP contribution in [0.2, 0.25) is 0 Å². The topological polar surface area (TPSA) is 51.6 Å². The lowest BCUT2D eigenvalue weighted by atomic mass is 9.67. The van der Waals surface area contributed by atoms with Crippen LogP contribution in [0.3, 0.4) is 0 Å². The van der Waals surface area contributed by atoms with Crippen LogP contribution in [0.4, 0.5) is 0 Å². The molecule has 0 atom stereocenters. The first kappa shape index (κ1) is 30.9. The van der Waals surface area contributed by atoms with Crippen molar-refractivity contribution in [1.29, 1.82) is 0 Å². The maximum Gasteiger partial charge on any atom is 0.164 e. The Morgan fingerprint density at radius 1 is 0.370 bits per heavy atom. The highest BCUT2D eigenvalue weighted by Gasteiger charge is 2.50. The fourth-order valence-corrected chi connectivity index (χ4v) is 9.70. The highest BCUT2D eigenvalue weighted by atomic mass is 32.2. The number of rotatable bonds is 4. The minimum atomic E-state index is -0.496. The third kappa shape index (κ3) is 4.65. The van der Waals surface area contributed by atoms with Gasteiger partial charge >= 0.3 is 0 Å². The van der Waals surface area contributed by atoms with Gasteiger partial charge in [-0.05, 0) is 80.9 Å². The predicted octanol–water partition coefficient (Wildman–Crippen LogP) is 11.9. The molecule has 4 nitrogen and oxygen atoms in total. The molecule has 2 aliphatic rings. The molecule has 9 aromatic rings. The zero-order valence-electron chi connectivity index (χ0n) is 29.0. The molecule has 3 heterocycles. The van der Waals surface area contributed by atoms with E-state index >= 15 is 0 Å². The molecule has 0 saturated carbocycles. The van der Waals surface area contributed by atoms with E-state index in [-0.39, 0.29) is 0 Å². The van der Waals surface area contributed by atoms with Crippen LogP contribution in [0.15, 0.2) is 192 Å². The number of hydrogen-bond donors (Lipinski definition) is 0. The smallest absolute Gasteiger partial charge is 0.164 e. The number of nitrogens with zero attached hydrogens (tertiary/aromatic N) is 4. The Bertz CT molecular complexity index is 2810. The third-order valence-corrected chi connectivity index (χ3v) is 12.0. The molecule has 1 aliphatic carbocycles. The van der Waals surface area contributed by atoms with Gasteiger partial charge in [-0.2, -0.15) is 0 Å². The van der Waals surface area contributed by atoms with Crippen LogP contribution in [0.5, 0.6) is 0 Å². The molecule has 0 saturated heterocycles. The van der Waals surface area contributed by atoms with Crippen molar-refractivity contribution < 1.29 is 0 Å². The fraction of sp³-hybridized carbons (Fsp3) is 0.0204. The molecule has 1 aliphatic heterocycles. The molecule has 54 heavy (non-hydrogen) atoms. The average molecular weight is 707 g/mol. The van der Waals surface area contributed by atoms with Gasteiger partial charge in [-0.1, -0.05) is 151 Å². The van der Waals surface area contributed by atoms with E-state index < -0.39 is 5.41 Å². The molecule has 0 amide bonds. The largest absolute Gasteiger partial charge is 0.256 e. The van der Waals surface area contributed by atoms with Gasteiger partial charge in [0.1, 0.15) is 0 Å². The van der Waals surface area contributed by atoms with Crippen molar-refractivity contribution >= 4 is 22.7 Å². The first-order valence-electron chi connectivity index (χ1n) is 18.1. The van der Waals surface area contributed by atoms with E-state index in [2.05, 4.69) is 138 Å². The Morgan fingerprint density at radius 3 is 1.54 bits per heavy atom. The number of hydrogen-bond acceptors (Lipinski definition) is 5. The van der Waals surface area contributed by atoms with Gasteiger partial charge in [-0.3, -0.25) is 4.98 Å². The maximum atomic E-state index is 5.12. The number of benzene rings is 7. The number of aromatic nitrogens is 4. The Kier molecular flexibility index (Phi) is 6.97. The second kappa shape index (κ2) is 12.2. The molecular formula is C49H30N4S. The van der Waals surface area contributed by atoms with E-state index in [1.165, 1.54) is 48.7 Å². The summed E-state index contributed by atoms with van der Waals surface area (Å²) in [7, 11) is 0. The second-order valence-corrected chi connectivity index (χ2v) is 14.9. The number of pyridine rings is 1. The van der Waals surface area contributed by atoms with Crippen molar-refractivity contribution in [2.75, 3.05) is 0 Å². The number of fused-ring (bicyclic) bond motifs is 10. The molecule has 7 aromatic carbocycles. The first-order chi connectivity index (χ1) is 26.8. The summed E-state index contributed by atoms with van der Waals surface area (Å²) >= 11 is 1.86. The summed E-state index contributed by atoms with van der Waals surface area (Å²) in [6.07, 6.45) is 1.86. The van der Waals surface area contributed by atoms with Crippen molar-refractivity contribution in [2.45, 2.75) is 15.2 Å². The van der Waals surface area contributed by atoms with Crippen LogP contribution in [0.25, 0.3) is 67.3 Å². The van der Waals surface area contributed by atoms with Crippen molar-refractivity contribution in [3.05, 3.63) is 204 Å². The normalized spacial score (nSPS) is 13.3. The molecular weight excluding hydrogens is 677 g/mol. The molecule has 0 bridgehead atoms. The molecule has 2 aromatic heterocycles. The maximum absolute atomic E-state index is 5.12. The lowest BCUT2D eigenvalue weighted by Crippen LogP contribution is -2.31. The van der Waals surface area contributed by atoms with Crippen LogP contribution in [-0.2, 0) is 5.41 Å². The lowest BCUT2D eigenvalue weighted by Gasteiger charge is -2.39. The van der Waals surface area contributed by atoms with E-state index in [1.807, 2.05) is 60.4 Å².